The van der Waals surface area contributed by atoms with Gasteiger partial charge in [-0.15, -0.1) is 11.8 Å². The van der Waals surface area contributed by atoms with Gasteiger partial charge in [-0.2, -0.15) is 0 Å². The summed E-state index contributed by atoms with van der Waals surface area (Å²) in [7, 11) is 0. The number of thioether (sulfide) groups is 1. The van der Waals surface area contributed by atoms with E-state index in [4.69, 9.17) is 0 Å². The SMILES string of the molecule is c1ccc2c(c1)SCC2NC1CCN2CCCC12. The first kappa shape index (κ1) is 11.3. The molecule has 3 heterocycles. The zero-order valence-electron chi connectivity index (χ0n) is 10.6. The Morgan fingerprint density at radius 1 is 1.17 bits per heavy atom. The molecule has 4 rings (SSSR count). The van der Waals surface area contributed by atoms with E-state index in [-0.39, 0.29) is 0 Å². The fraction of sp³-hybridized carbons (Fsp3) is 0.600. The molecule has 2 saturated heterocycles. The van der Waals surface area contributed by atoms with Gasteiger partial charge in [-0.1, -0.05) is 18.2 Å². The molecule has 96 valence electrons. The highest BCUT2D eigenvalue weighted by Crippen LogP contribution is 2.39. The van der Waals surface area contributed by atoms with E-state index in [2.05, 4.69) is 34.5 Å². The van der Waals surface area contributed by atoms with Crippen molar-refractivity contribution in [3.8, 4) is 0 Å². The smallest absolute Gasteiger partial charge is 0.0429 e. The maximum absolute atomic E-state index is 3.94. The van der Waals surface area contributed by atoms with Crippen molar-refractivity contribution < 1.29 is 0 Å². The minimum atomic E-state index is 0.580. The summed E-state index contributed by atoms with van der Waals surface area (Å²) >= 11 is 2.01. The van der Waals surface area contributed by atoms with E-state index in [9.17, 15) is 0 Å². The largest absolute Gasteiger partial charge is 0.305 e. The zero-order chi connectivity index (χ0) is 11.9. The third-order valence-electron chi connectivity index (χ3n) is 4.72. The Hall–Kier alpha value is -0.510. The molecule has 3 unspecified atom stereocenters. The van der Waals surface area contributed by atoms with Crippen molar-refractivity contribution in [3.63, 3.8) is 0 Å². The number of benzene rings is 1. The van der Waals surface area contributed by atoms with E-state index in [1.165, 1.54) is 48.6 Å². The summed E-state index contributed by atoms with van der Waals surface area (Å²) in [5.41, 5.74) is 1.53. The van der Waals surface area contributed by atoms with Crippen LogP contribution in [0.5, 0.6) is 0 Å². The van der Waals surface area contributed by atoms with Gasteiger partial charge in [0.15, 0.2) is 0 Å². The van der Waals surface area contributed by atoms with Crippen molar-refractivity contribution in [1.29, 1.82) is 0 Å². The van der Waals surface area contributed by atoms with Crippen molar-refractivity contribution >= 4 is 11.8 Å². The Morgan fingerprint density at radius 2 is 2.11 bits per heavy atom. The van der Waals surface area contributed by atoms with Gasteiger partial charge < -0.3 is 5.32 Å². The van der Waals surface area contributed by atoms with Crippen molar-refractivity contribution in [1.82, 2.24) is 10.2 Å². The Morgan fingerprint density at radius 3 is 3.11 bits per heavy atom. The van der Waals surface area contributed by atoms with Crippen molar-refractivity contribution in [3.05, 3.63) is 29.8 Å². The first-order valence-corrected chi connectivity index (χ1v) is 8.12. The lowest BCUT2D eigenvalue weighted by molar-refractivity contribution is 0.292. The van der Waals surface area contributed by atoms with E-state index in [0.717, 1.165) is 12.1 Å². The minimum Gasteiger partial charge on any atom is -0.305 e. The van der Waals surface area contributed by atoms with Gasteiger partial charge in [-0.25, -0.2) is 0 Å². The summed E-state index contributed by atoms with van der Waals surface area (Å²) in [4.78, 5) is 4.17. The first-order chi connectivity index (χ1) is 8.92. The topological polar surface area (TPSA) is 15.3 Å². The molecule has 1 N–H and O–H groups in total. The van der Waals surface area contributed by atoms with Crippen LogP contribution in [-0.2, 0) is 0 Å². The lowest BCUT2D eigenvalue weighted by atomic mass is 10.0. The van der Waals surface area contributed by atoms with Crippen LogP contribution >= 0.6 is 11.8 Å². The van der Waals surface area contributed by atoms with Crippen LogP contribution in [-0.4, -0.2) is 35.8 Å². The van der Waals surface area contributed by atoms with E-state index in [0.29, 0.717) is 6.04 Å². The van der Waals surface area contributed by atoms with Gasteiger partial charge in [0.05, 0.1) is 0 Å². The molecule has 0 aliphatic carbocycles. The summed E-state index contributed by atoms with van der Waals surface area (Å²) < 4.78 is 0. The van der Waals surface area contributed by atoms with Gasteiger partial charge in [0.1, 0.15) is 0 Å². The number of hydrogen-bond acceptors (Lipinski definition) is 3. The second-order valence-corrected chi connectivity index (χ2v) is 6.77. The fourth-order valence-electron chi connectivity index (χ4n) is 3.84. The quantitative estimate of drug-likeness (QED) is 0.880. The number of hydrogen-bond donors (Lipinski definition) is 1. The second kappa shape index (κ2) is 4.55. The Balaban J connectivity index is 1.50. The third-order valence-corrected chi connectivity index (χ3v) is 5.90. The van der Waals surface area contributed by atoms with Gasteiger partial charge in [0.25, 0.3) is 0 Å². The van der Waals surface area contributed by atoms with E-state index in [1.807, 2.05) is 11.8 Å². The van der Waals surface area contributed by atoms with Crippen molar-refractivity contribution in [2.75, 3.05) is 18.8 Å². The number of fused-ring (bicyclic) bond motifs is 2. The molecule has 0 saturated carbocycles. The molecule has 0 radical (unpaired) electrons. The molecule has 18 heavy (non-hydrogen) atoms. The Bertz CT molecular complexity index is 448. The highest BCUT2D eigenvalue weighted by atomic mass is 32.2. The number of nitrogens with zero attached hydrogens (tertiary/aromatic N) is 1. The van der Waals surface area contributed by atoms with Crippen LogP contribution in [0.15, 0.2) is 29.2 Å². The first-order valence-electron chi connectivity index (χ1n) is 7.13. The predicted octanol–water partition coefficient (Wildman–Crippen LogP) is 2.66. The molecule has 2 nitrogen and oxygen atoms in total. The molecule has 3 aliphatic rings. The molecule has 2 fully saturated rings. The van der Waals surface area contributed by atoms with Gasteiger partial charge in [0, 0.05) is 35.3 Å². The lowest BCUT2D eigenvalue weighted by Gasteiger charge is -2.25. The highest BCUT2D eigenvalue weighted by Gasteiger charge is 2.38. The summed E-state index contributed by atoms with van der Waals surface area (Å²) in [6, 6.07) is 11.0. The van der Waals surface area contributed by atoms with Gasteiger partial charge in [-0.05, 0) is 37.4 Å². The molecular formula is C15H20N2S. The van der Waals surface area contributed by atoms with Gasteiger partial charge in [-0.3, -0.25) is 4.90 Å². The molecule has 3 atom stereocenters. The zero-order valence-corrected chi connectivity index (χ0v) is 11.5. The molecule has 0 aromatic heterocycles. The average Bonchev–Trinajstić information content (AvgIpc) is 3.08. The fourth-order valence-corrected chi connectivity index (χ4v) is 5.01. The highest BCUT2D eigenvalue weighted by molar-refractivity contribution is 7.99. The molecule has 1 aromatic rings. The van der Waals surface area contributed by atoms with Crippen molar-refractivity contribution in [2.24, 2.45) is 0 Å². The maximum Gasteiger partial charge on any atom is 0.0429 e. The summed E-state index contributed by atoms with van der Waals surface area (Å²) in [6.45, 7) is 2.64. The van der Waals surface area contributed by atoms with Crippen LogP contribution in [0.1, 0.15) is 30.9 Å². The van der Waals surface area contributed by atoms with E-state index >= 15 is 0 Å². The molecule has 0 amide bonds. The minimum absolute atomic E-state index is 0.580. The Labute approximate surface area is 113 Å². The monoisotopic (exact) mass is 260 g/mol. The van der Waals surface area contributed by atoms with Crippen LogP contribution in [0, 0.1) is 0 Å². The molecule has 0 bridgehead atoms. The van der Waals surface area contributed by atoms with E-state index < -0.39 is 0 Å². The summed E-state index contributed by atoms with van der Waals surface area (Å²) in [5, 5.41) is 3.94. The van der Waals surface area contributed by atoms with Crippen LogP contribution in [0.25, 0.3) is 0 Å². The molecule has 3 aliphatic heterocycles. The normalized spacial score (nSPS) is 34.8. The molecular weight excluding hydrogens is 240 g/mol. The lowest BCUT2D eigenvalue weighted by Crippen LogP contribution is -2.41. The van der Waals surface area contributed by atoms with Crippen molar-refractivity contribution in [2.45, 2.75) is 42.3 Å². The molecule has 3 heteroatoms. The van der Waals surface area contributed by atoms with E-state index in [1.54, 1.807) is 0 Å². The second-order valence-electron chi connectivity index (χ2n) is 5.71. The van der Waals surface area contributed by atoms with Gasteiger partial charge in [0.2, 0.25) is 0 Å². The standard InChI is InChI=1S/C15H20N2S/c1-2-6-15-11(4-1)13(10-18-15)16-12-7-9-17-8-3-5-14(12)17/h1-2,4,6,12-14,16H,3,5,7-10H2. The summed E-state index contributed by atoms with van der Waals surface area (Å²) in [6.07, 6.45) is 4.14. The van der Waals surface area contributed by atoms with Crippen LogP contribution in [0.2, 0.25) is 0 Å². The van der Waals surface area contributed by atoms with Crippen LogP contribution in [0.4, 0.5) is 0 Å². The molecule has 1 aromatic carbocycles. The van der Waals surface area contributed by atoms with Gasteiger partial charge >= 0.3 is 0 Å². The maximum atomic E-state index is 3.94. The number of nitrogens with one attached hydrogen (secondary N) is 1. The number of rotatable bonds is 2. The molecule has 0 spiro atoms. The summed E-state index contributed by atoms with van der Waals surface area (Å²) in [5.74, 6) is 1.21. The predicted molar refractivity (Wildman–Crippen MR) is 76.0 cm³/mol. The van der Waals surface area contributed by atoms with Crippen LogP contribution < -0.4 is 5.32 Å². The average molecular weight is 260 g/mol. The Kier molecular flexibility index (Phi) is 2.86. The van der Waals surface area contributed by atoms with Crippen LogP contribution in [0.3, 0.4) is 0 Å². The third kappa shape index (κ3) is 1.80.